The highest BCUT2D eigenvalue weighted by Gasteiger charge is 2.31. The van der Waals surface area contributed by atoms with Crippen molar-refractivity contribution in [3.8, 4) is 5.75 Å². The van der Waals surface area contributed by atoms with Crippen LogP contribution < -0.4 is 10.1 Å². The molecule has 1 heterocycles. The molecule has 0 bridgehead atoms. The van der Waals surface area contributed by atoms with Crippen LogP contribution in [-0.4, -0.2) is 62.9 Å². The van der Waals surface area contributed by atoms with Crippen molar-refractivity contribution in [1.82, 2.24) is 9.21 Å². The maximum Gasteiger partial charge on any atom is 0.387 e. The minimum absolute atomic E-state index is 0.0329. The van der Waals surface area contributed by atoms with Crippen LogP contribution in [0.4, 0.5) is 14.5 Å². The highest BCUT2D eigenvalue weighted by Crippen LogP contribution is 2.28. The zero-order valence-corrected chi connectivity index (χ0v) is 18.4. The fourth-order valence-electron chi connectivity index (χ4n) is 3.10. The van der Waals surface area contributed by atoms with Crippen molar-refractivity contribution in [3.63, 3.8) is 0 Å². The van der Waals surface area contributed by atoms with Gasteiger partial charge in [0, 0.05) is 31.2 Å². The van der Waals surface area contributed by atoms with E-state index in [2.05, 4.69) is 10.1 Å². The lowest BCUT2D eigenvalue weighted by Gasteiger charge is -2.33. The molecule has 1 N–H and O–H groups in total. The maximum atomic E-state index is 12.9. The number of carbonyl (C=O) groups is 1. The minimum Gasteiger partial charge on any atom is -0.433 e. The quantitative estimate of drug-likeness (QED) is 0.637. The molecule has 168 valence electrons. The van der Waals surface area contributed by atoms with E-state index in [9.17, 15) is 22.0 Å². The first kappa shape index (κ1) is 23.7. The molecule has 1 amide bonds. The van der Waals surface area contributed by atoms with E-state index in [0.717, 1.165) is 0 Å². The summed E-state index contributed by atoms with van der Waals surface area (Å²) in [7, 11) is -3.83. The van der Waals surface area contributed by atoms with Gasteiger partial charge in [-0.25, -0.2) is 8.42 Å². The number of piperazine rings is 1. The van der Waals surface area contributed by atoms with E-state index in [1.165, 1.54) is 40.7 Å². The second-order valence-corrected chi connectivity index (χ2v) is 9.43. The molecule has 0 aromatic heterocycles. The summed E-state index contributed by atoms with van der Waals surface area (Å²) >= 11 is 11.9. The van der Waals surface area contributed by atoms with Crippen LogP contribution in [0.3, 0.4) is 0 Å². The highest BCUT2D eigenvalue weighted by atomic mass is 35.5. The van der Waals surface area contributed by atoms with Gasteiger partial charge in [0.25, 0.3) is 0 Å². The van der Waals surface area contributed by atoms with Crippen LogP contribution in [0.2, 0.25) is 10.0 Å². The van der Waals surface area contributed by atoms with Crippen LogP contribution in [0.25, 0.3) is 0 Å². The molecule has 2 aromatic rings. The zero-order chi connectivity index (χ0) is 22.6. The monoisotopic (exact) mass is 493 g/mol. The molecule has 2 aromatic carbocycles. The van der Waals surface area contributed by atoms with Gasteiger partial charge in [-0.1, -0.05) is 35.3 Å². The van der Waals surface area contributed by atoms with Crippen molar-refractivity contribution in [2.24, 2.45) is 0 Å². The highest BCUT2D eigenvalue weighted by molar-refractivity contribution is 7.89. The van der Waals surface area contributed by atoms with Gasteiger partial charge in [-0.15, -0.1) is 0 Å². The van der Waals surface area contributed by atoms with Crippen LogP contribution in [0.1, 0.15) is 0 Å². The van der Waals surface area contributed by atoms with Crippen LogP contribution >= 0.6 is 23.2 Å². The third kappa shape index (κ3) is 6.05. The number of para-hydroxylation sites is 2. The number of hydrogen-bond donors (Lipinski definition) is 1. The second kappa shape index (κ2) is 10.1. The molecule has 1 aliphatic rings. The smallest absolute Gasteiger partial charge is 0.387 e. The predicted molar refractivity (Wildman–Crippen MR) is 113 cm³/mol. The Morgan fingerprint density at radius 3 is 2.45 bits per heavy atom. The van der Waals surface area contributed by atoms with E-state index < -0.39 is 22.5 Å². The van der Waals surface area contributed by atoms with Gasteiger partial charge in [0.1, 0.15) is 10.6 Å². The number of nitrogens with zero attached hydrogens (tertiary/aromatic N) is 2. The molecule has 0 atom stereocenters. The summed E-state index contributed by atoms with van der Waals surface area (Å²) in [6.45, 7) is -2.12. The Labute approximate surface area is 188 Å². The molecule has 31 heavy (non-hydrogen) atoms. The Balaban J connectivity index is 1.58. The third-order valence-electron chi connectivity index (χ3n) is 4.59. The molecule has 0 radical (unpaired) electrons. The average molecular weight is 494 g/mol. The Morgan fingerprint density at radius 2 is 1.77 bits per heavy atom. The van der Waals surface area contributed by atoms with Crippen LogP contribution in [0, 0.1) is 0 Å². The summed E-state index contributed by atoms with van der Waals surface area (Å²) in [5.74, 6) is -0.570. The Hall–Kier alpha value is -1.98. The van der Waals surface area contributed by atoms with Crippen molar-refractivity contribution in [3.05, 3.63) is 52.5 Å². The van der Waals surface area contributed by atoms with Gasteiger partial charge in [-0.3, -0.25) is 9.69 Å². The molecular weight excluding hydrogens is 475 g/mol. The number of anilines is 1. The van der Waals surface area contributed by atoms with Crippen LogP contribution in [0.5, 0.6) is 5.75 Å². The molecule has 3 rings (SSSR count). The van der Waals surface area contributed by atoms with E-state index >= 15 is 0 Å². The molecule has 12 heteroatoms. The van der Waals surface area contributed by atoms with Gasteiger partial charge >= 0.3 is 6.61 Å². The number of hydrogen-bond acceptors (Lipinski definition) is 5. The Morgan fingerprint density at radius 1 is 1.10 bits per heavy atom. The summed E-state index contributed by atoms with van der Waals surface area (Å²) in [6.07, 6.45) is 0. The van der Waals surface area contributed by atoms with Gasteiger partial charge in [0.15, 0.2) is 0 Å². The van der Waals surface area contributed by atoms with Crippen LogP contribution in [0.15, 0.2) is 47.4 Å². The summed E-state index contributed by atoms with van der Waals surface area (Å²) < 4.78 is 56.4. The number of benzene rings is 2. The second-order valence-electron chi connectivity index (χ2n) is 6.68. The SMILES string of the molecule is O=C(CN1CCN(S(=O)(=O)c2cc(Cl)ccc2Cl)CC1)Nc1ccccc1OC(F)F. The topological polar surface area (TPSA) is 79.0 Å². The molecule has 1 saturated heterocycles. The average Bonchev–Trinajstić information content (AvgIpc) is 2.71. The summed E-state index contributed by atoms with van der Waals surface area (Å²) in [5.41, 5.74) is 0.129. The van der Waals surface area contributed by atoms with Gasteiger partial charge in [0.05, 0.1) is 17.3 Å². The molecule has 1 aliphatic heterocycles. The van der Waals surface area contributed by atoms with Crippen molar-refractivity contribution < 1.29 is 26.7 Å². The molecule has 0 saturated carbocycles. The number of ether oxygens (including phenoxy) is 1. The van der Waals surface area contributed by atoms with E-state index in [-0.39, 0.29) is 46.0 Å². The number of amides is 1. The van der Waals surface area contributed by atoms with Gasteiger partial charge < -0.3 is 10.1 Å². The fraction of sp³-hybridized carbons (Fsp3) is 0.316. The number of rotatable bonds is 7. The van der Waals surface area contributed by atoms with Gasteiger partial charge in [0.2, 0.25) is 15.9 Å². The minimum atomic E-state index is -3.83. The first-order valence-electron chi connectivity index (χ1n) is 9.18. The lowest BCUT2D eigenvalue weighted by Crippen LogP contribution is -2.50. The van der Waals surface area contributed by atoms with Crippen molar-refractivity contribution in [1.29, 1.82) is 0 Å². The standard InChI is InChI=1S/C19H19Cl2F2N3O4S/c20-13-5-6-14(21)17(11-13)31(28,29)26-9-7-25(8-10-26)12-18(27)24-15-3-1-2-4-16(15)30-19(22)23/h1-6,11,19H,7-10,12H2,(H,24,27). The predicted octanol–water partition coefficient (Wildman–Crippen LogP) is 3.54. The summed E-state index contributed by atoms with van der Waals surface area (Å²) in [4.78, 5) is 14.0. The van der Waals surface area contributed by atoms with Crippen molar-refractivity contribution >= 4 is 44.8 Å². The number of carbonyl (C=O) groups excluding carboxylic acids is 1. The molecule has 7 nitrogen and oxygen atoms in total. The van der Waals surface area contributed by atoms with Gasteiger partial charge in [-0.05, 0) is 30.3 Å². The lowest BCUT2D eigenvalue weighted by molar-refractivity contribution is -0.117. The first-order chi connectivity index (χ1) is 14.7. The molecule has 0 spiro atoms. The number of alkyl halides is 2. The van der Waals surface area contributed by atoms with Crippen molar-refractivity contribution in [2.45, 2.75) is 11.5 Å². The molecule has 1 fully saturated rings. The van der Waals surface area contributed by atoms with Crippen molar-refractivity contribution in [2.75, 3.05) is 38.0 Å². The molecule has 0 unspecified atom stereocenters. The first-order valence-corrected chi connectivity index (χ1v) is 11.4. The van der Waals surface area contributed by atoms with E-state index in [1.54, 1.807) is 11.0 Å². The van der Waals surface area contributed by atoms with E-state index in [1.807, 2.05) is 0 Å². The third-order valence-corrected chi connectivity index (χ3v) is 7.20. The Kier molecular flexibility index (Phi) is 7.71. The number of nitrogens with one attached hydrogen (secondary N) is 1. The normalized spacial score (nSPS) is 15.8. The number of sulfonamides is 1. The zero-order valence-electron chi connectivity index (χ0n) is 16.1. The molecular formula is C19H19Cl2F2N3O4S. The maximum absolute atomic E-state index is 12.9. The van der Waals surface area contributed by atoms with Gasteiger partial charge in [-0.2, -0.15) is 13.1 Å². The largest absolute Gasteiger partial charge is 0.433 e. The Bertz CT molecular complexity index is 1050. The molecule has 0 aliphatic carbocycles. The lowest BCUT2D eigenvalue weighted by atomic mass is 10.3. The van der Waals surface area contributed by atoms with E-state index in [4.69, 9.17) is 23.2 Å². The fourth-order valence-corrected chi connectivity index (χ4v) is 5.26. The summed E-state index contributed by atoms with van der Waals surface area (Å²) in [6, 6.07) is 10.1. The number of halogens is 4. The van der Waals surface area contributed by atoms with Crippen LogP contribution in [-0.2, 0) is 14.8 Å². The summed E-state index contributed by atoms with van der Waals surface area (Å²) in [5, 5.41) is 2.88. The van der Waals surface area contributed by atoms with E-state index in [0.29, 0.717) is 13.1 Å².